The molecular weight excluding hydrogens is 476 g/mol. The molecule has 0 amide bonds. The molecule has 2 aliphatic rings. The van der Waals surface area contributed by atoms with Crippen LogP contribution in [0.1, 0.15) is 34.7 Å². The highest BCUT2D eigenvalue weighted by Gasteiger charge is 2.55. The van der Waals surface area contributed by atoms with Crippen molar-refractivity contribution in [2.24, 2.45) is 10.2 Å². The first-order valence-corrected chi connectivity index (χ1v) is 13.1. The summed E-state index contributed by atoms with van der Waals surface area (Å²) < 4.78 is 0. The Balaban J connectivity index is 1.68. The molecule has 1 spiro atoms. The van der Waals surface area contributed by atoms with Gasteiger partial charge in [0.2, 0.25) is 4.99 Å². The predicted octanol–water partition coefficient (Wildman–Crippen LogP) is 6.84. The van der Waals surface area contributed by atoms with E-state index in [1.807, 2.05) is 70.7 Å². The zero-order valence-electron chi connectivity index (χ0n) is 20.9. The highest BCUT2D eigenvalue weighted by molar-refractivity contribution is 8.17. The van der Waals surface area contributed by atoms with Crippen LogP contribution in [0, 0.1) is 13.8 Å². The van der Waals surface area contributed by atoms with E-state index in [2.05, 4.69) is 56.3 Å². The molecule has 0 radical (unpaired) electrons. The van der Waals surface area contributed by atoms with E-state index < -0.39 is 4.99 Å². The summed E-state index contributed by atoms with van der Waals surface area (Å²) in [6.45, 7) is 5.79. The second kappa shape index (κ2) is 9.05. The molecule has 6 heteroatoms. The van der Waals surface area contributed by atoms with Crippen molar-refractivity contribution >= 4 is 39.7 Å². The number of para-hydroxylation sites is 2. The van der Waals surface area contributed by atoms with Crippen LogP contribution in [-0.2, 0) is 9.79 Å². The molecule has 1 atom stereocenters. The number of hydrazone groups is 2. The van der Waals surface area contributed by atoms with Crippen LogP contribution in [0.15, 0.2) is 113 Å². The monoisotopic (exact) mass is 502 g/mol. The number of nitrogens with zero attached hydrogens (tertiary/aromatic N) is 4. The molecule has 2 heterocycles. The maximum absolute atomic E-state index is 12.7. The topological polar surface area (TPSA) is 48.3 Å². The third-order valence-electron chi connectivity index (χ3n) is 6.69. The van der Waals surface area contributed by atoms with Crippen LogP contribution in [0.4, 0.5) is 11.4 Å². The third kappa shape index (κ3) is 3.76. The predicted molar refractivity (Wildman–Crippen MR) is 153 cm³/mol. The SMILES string of the molecule is CC(=O)C1=NN(c2ccccc2)[C@]2(S1)c1ccccc1C(c1cc(C)ccc1C)=NN2c1ccccc1. The van der Waals surface area contributed by atoms with E-state index in [1.54, 1.807) is 6.92 Å². The van der Waals surface area contributed by atoms with Crippen LogP contribution in [-0.4, -0.2) is 16.5 Å². The first-order valence-electron chi connectivity index (χ1n) is 12.2. The van der Waals surface area contributed by atoms with Gasteiger partial charge in [0.15, 0.2) is 10.8 Å². The lowest BCUT2D eigenvalue weighted by atomic mass is 9.90. The summed E-state index contributed by atoms with van der Waals surface area (Å²) in [6.07, 6.45) is 0. The van der Waals surface area contributed by atoms with Crippen LogP contribution in [0.3, 0.4) is 0 Å². The summed E-state index contributed by atoms with van der Waals surface area (Å²) >= 11 is 1.44. The van der Waals surface area contributed by atoms with Gasteiger partial charge in [0.05, 0.1) is 17.1 Å². The molecule has 0 N–H and O–H groups in total. The van der Waals surface area contributed by atoms with Crippen molar-refractivity contribution in [1.29, 1.82) is 0 Å². The Kier molecular flexibility index (Phi) is 5.69. The molecule has 0 fully saturated rings. The fraction of sp³-hybridized carbons (Fsp3) is 0.129. The first-order chi connectivity index (χ1) is 18.0. The largest absolute Gasteiger partial charge is 0.292 e. The van der Waals surface area contributed by atoms with E-state index in [0.717, 1.165) is 39.3 Å². The minimum atomic E-state index is -0.929. The lowest BCUT2D eigenvalue weighted by Crippen LogP contribution is -2.54. The van der Waals surface area contributed by atoms with Gasteiger partial charge in [-0.3, -0.25) is 4.79 Å². The maximum Gasteiger partial charge on any atom is 0.234 e. The molecule has 6 rings (SSSR count). The molecule has 4 aromatic carbocycles. The second-order valence-electron chi connectivity index (χ2n) is 9.28. The quantitative estimate of drug-likeness (QED) is 0.306. The molecule has 0 bridgehead atoms. The van der Waals surface area contributed by atoms with Gasteiger partial charge in [-0.25, -0.2) is 10.0 Å². The number of Topliss-reactive ketones (excluding diaryl/α,β-unsaturated/α-hetero) is 1. The fourth-order valence-corrected chi connectivity index (χ4v) is 6.19. The summed E-state index contributed by atoms with van der Waals surface area (Å²) in [5.41, 5.74) is 8.16. The molecule has 0 saturated carbocycles. The average Bonchev–Trinajstić information content (AvgIpc) is 3.33. The fourth-order valence-electron chi connectivity index (χ4n) is 4.90. The van der Waals surface area contributed by atoms with Gasteiger partial charge in [-0.1, -0.05) is 78.4 Å². The van der Waals surface area contributed by atoms with E-state index in [9.17, 15) is 4.79 Å². The normalized spacial score (nSPS) is 18.5. The second-order valence-corrected chi connectivity index (χ2v) is 10.4. The molecule has 182 valence electrons. The lowest BCUT2D eigenvalue weighted by Gasteiger charge is -2.47. The smallest absolute Gasteiger partial charge is 0.234 e. The van der Waals surface area contributed by atoms with Gasteiger partial charge in [0, 0.05) is 23.6 Å². The minimum absolute atomic E-state index is 0.0717. The van der Waals surface area contributed by atoms with E-state index in [-0.39, 0.29) is 5.78 Å². The van der Waals surface area contributed by atoms with Gasteiger partial charge >= 0.3 is 0 Å². The van der Waals surface area contributed by atoms with E-state index in [0.29, 0.717) is 5.04 Å². The number of carbonyl (C=O) groups is 1. The minimum Gasteiger partial charge on any atom is -0.292 e. The number of ketones is 1. The Morgan fingerprint density at radius 2 is 1.32 bits per heavy atom. The van der Waals surface area contributed by atoms with Crippen molar-refractivity contribution in [3.8, 4) is 0 Å². The zero-order valence-corrected chi connectivity index (χ0v) is 21.7. The molecule has 0 aliphatic carbocycles. The number of fused-ring (bicyclic) bond motifs is 2. The Morgan fingerprint density at radius 1 is 0.730 bits per heavy atom. The highest BCUT2D eigenvalue weighted by atomic mass is 32.2. The summed E-state index contributed by atoms with van der Waals surface area (Å²) in [5.74, 6) is -0.0717. The standard InChI is InChI=1S/C31H26N4OS/c1-21-18-19-22(2)27(20-21)29-26-16-10-11-17-28(26)31(34(32-29)24-12-6-4-7-13-24)35(25-14-8-5-9-15-25)33-30(37-31)23(3)36/h4-20H,1-3H3/t31-/m0/s1. The van der Waals surface area contributed by atoms with Crippen LogP contribution in [0.2, 0.25) is 0 Å². The number of rotatable bonds is 4. The summed E-state index contributed by atoms with van der Waals surface area (Å²) in [7, 11) is 0. The molecular formula is C31H26N4OS. The Hall–Kier alpha value is -4.16. The van der Waals surface area contributed by atoms with Gasteiger partial charge < -0.3 is 0 Å². The highest BCUT2D eigenvalue weighted by Crippen LogP contribution is 2.55. The number of anilines is 2. The summed E-state index contributed by atoms with van der Waals surface area (Å²) in [6, 6.07) is 34.9. The number of benzene rings is 4. The molecule has 0 saturated heterocycles. The number of hydrogen-bond donors (Lipinski definition) is 0. The first kappa shape index (κ1) is 23.3. The molecule has 0 unspecified atom stereocenters. The lowest BCUT2D eigenvalue weighted by molar-refractivity contribution is -0.110. The number of hydrogen-bond acceptors (Lipinski definition) is 6. The van der Waals surface area contributed by atoms with Crippen LogP contribution >= 0.6 is 11.8 Å². The van der Waals surface area contributed by atoms with E-state index in [4.69, 9.17) is 10.2 Å². The van der Waals surface area contributed by atoms with Gasteiger partial charge in [0.25, 0.3) is 0 Å². The van der Waals surface area contributed by atoms with Gasteiger partial charge in [-0.05, 0) is 61.5 Å². The van der Waals surface area contributed by atoms with Gasteiger partial charge in [-0.15, -0.1) is 0 Å². The Bertz CT molecular complexity index is 1560. The summed E-state index contributed by atoms with van der Waals surface area (Å²) in [4.78, 5) is 11.8. The van der Waals surface area contributed by atoms with Crippen molar-refractivity contribution in [2.75, 3.05) is 10.0 Å². The number of thioether (sulfide) groups is 1. The maximum atomic E-state index is 12.7. The number of carbonyl (C=O) groups excluding carboxylic acids is 1. The third-order valence-corrected chi connectivity index (χ3v) is 8.10. The zero-order chi connectivity index (χ0) is 25.6. The van der Waals surface area contributed by atoms with Crippen LogP contribution < -0.4 is 10.0 Å². The average molecular weight is 503 g/mol. The Morgan fingerprint density at radius 3 is 1.97 bits per heavy atom. The van der Waals surface area contributed by atoms with Crippen molar-refractivity contribution in [3.05, 3.63) is 131 Å². The van der Waals surface area contributed by atoms with Crippen molar-refractivity contribution in [2.45, 2.75) is 25.8 Å². The summed E-state index contributed by atoms with van der Waals surface area (Å²) in [5, 5.41) is 14.7. The van der Waals surface area contributed by atoms with Gasteiger partial charge in [0.1, 0.15) is 0 Å². The van der Waals surface area contributed by atoms with Crippen LogP contribution in [0.25, 0.3) is 0 Å². The molecule has 2 aliphatic heterocycles. The van der Waals surface area contributed by atoms with Crippen molar-refractivity contribution in [1.82, 2.24) is 0 Å². The van der Waals surface area contributed by atoms with Crippen molar-refractivity contribution < 1.29 is 4.79 Å². The number of aryl methyl sites for hydroxylation is 2. The van der Waals surface area contributed by atoms with Gasteiger partial charge in [-0.2, -0.15) is 10.2 Å². The Labute approximate surface area is 221 Å². The molecule has 37 heavy (non-hydrogen) atoms. The molecule has 0 aromatic heterocycles. The van der Waals surface area contributed by atoms with Crippen molar-refractivity contribution in [3.63, 3.8) is 0 Å². The van der Waals surface area contributed by atoms with E-state index in [1.165, 1.54) is 17.3 Å². The van der Waals surface area contributed by atoms with Crippen LogP contribution in [0.5, 0.6) is 0 Å². The molecule has 5 nitrogen and oxygen atoms in total. The van der Waals surface area contributed by atoms with E-state index >= 15 is 0 Å². The molecule has 4 aromatic rings.